The van der Waals surface area contributed by atoms with Crippen molar-refractivity contribution in [1.82, 2.24) is 4.98 Å². The molecule has 0 amide bonds. The highest BCUT2D eigenvalue weighted by molar-refractivity contribution is 5.94. The first-order valence-electron chi connectivity index (χ1n) is 5.13. The Morgan fingerprint density at radius 2 is 2.40 bits per heavy atom. The van der Waals surface area contributed by atoms with Gasteiger partial charge < -0.3 is 10.5 Å². The molecule has 1 aromatic heterocycles. The van der Waals surface area contributed by atoms with Crippen LogP contribution in [0, 0.1) is 11.3 Å². The molecule has 15 heavy (non-hydrogen) atoms. The van der Waals surface area contributed by atoms with Gasteiger partial charge in [0.15, 0.2) is 0 Å². The summed E-state index contributed by atoms with van der Waals surface area (Å²) in [6.45, 7) is 1.31. The van der Waals surface area contributed by atoms with Gasteiger partial charge in [0.2, 0.25) is 0 Å². The van der Waals surface area contributed by atoms with Crippen LogP contribution >= 0.6 is 0 Å². The highest BCUT2D eigenvalue weighted by atomic mass is 16.5. The first-order chi connectivity index (χ1) is 7.27. The van der Waals surface area contributed by atoms with Crippen LogP contribution in [0.15, 0.2) is 18.3 Å². The predicted molar refractivity (Wildman–Crippen MR) is 57.6 cm³/mol. The zero-order chi connectivity index (χ0) is 10.7. The smallest absolute Gasteiger partial charge is 0.142 e. The van der Waals surface area contributed by atoms with Crippen molar-refractivity contribution in [3.63, 3.8) is 0 Å². The van der Waals surface area contributed by atoms with Gasteiger partial charge in [-0.3, -0.25) is 10.4 Å². The molecule has 4 nitrogen and oxygen atoms in total. The maximum absolute atomic E-state index is 7.37. The molecule has 0 bridgehead atoms. The average molecular weight is 205 g/mol. The Labute approximate surface area is 89.0 Å². The topological polar surface area (TPSA) is 72.0 Å². The van der Waals surface area contributed by atoms with Crippen LogP contribution in [0.25, 0.3) is 0 Å². The molecule has 0 aromatic carbocycles. The van der Waals surface area contributed by atoms with Crippen LogP contribution in [0.2, 0.25) is 0 Å². The molecule has 0 radical (unpaired) electrons. The van der Waals surface area contributed by atoms with E-state index in [0.29, 0.717) is 12.3 Å². The van der Waals surface area contributed by atoms with E-state index in [-0.39, 0.29) is 5.84 Å². The molecule has 0 atom stereocenters. The van der Waals surface area contributed by atoms with Crippen molar-refractivity contribution < 1.29 is 4.74 Å². The molecule has 1 aliphatic carbocycles. The second-order valence-corrected chi connectivity index (χ2v) is 3.88. The van der Waals surface area contributed by atoms with Crippen molar-refractivity contribution in [3.05, 3.63) is 29.6 Å². The second kappa shape index (κ2) is 4.40. The number of aromatic nitrogens is 1. The van der Waals surface area contributed by atoms with E-state index in [0.717, 1.165) is 18.1 Å². The van der Waals surface area contributed by atoms with Gasteiger partial charge in [0.25, 0.3) is 0 Å². The van der Waals surface area contributed by atoms with Crippen LogP contribution in [0.4, 0.5) is 0 Å². The minimum atomic E-state index is 0.000576. The van der Waals surface area contributed by atoms with Gasteiger partial charge in [-0.15, -0.1) is 0 Å². The van der Waals surface area contributed by atoms with E-state index in [2.05, 4.69) is 4.98 Å². The van der Waals surface area contributed by atoms with Crippen molar-refractivity contribution >= 4 is 5.84 Å². The molecule has 80 valence electrons. The fourth-order valence-corrected chi connectivity index (χ4v) is 1.42. The number of ether oxygens (including phenoxy) is 1. The lowest BCUT2D eigenvalue weighted by molar-refractivity contribution is 0.111. The zero-order valence-electron chi connectivity index (χ0n) is 8.57. The Bertz CT molecular complexity index is 361. The molecule has 2 rings (SSSR count). The highest BCUT2D eigenvalue weighted by Crippen LogP contribution is 2.29. The molecule has 0 saturated heterocycles. The number of rotatable bonds is 5. The minimum Gasteiger partial charge on any atom is -0.382 e. The van der Waals surface area contributed by atoms with Gasteiger partial charge in [0.05, 0.1) is 6.61 Å². The Morgan fingerprint density at radius 1 is 1.60 bits per heavy atom. The number of hydrogen-bond donors (Lipinski definition) is 2. The third-order valence-electron chi connectivity index (χ3n) is 2.45. The summed E-state index contributed by atoms with van der Waals surface area (Å²) in [6.07, 6.45) is 4.21. The molecule has 1 aromatic rings. The number of hydrogen-bond acceptors (Lipinski definition) is 3. The lowest BCUT2D eigenvalue weighted by Crippen LogP contribution is -2.16. The van der Waals surface area contributed by atoms with Crippen molar-refractivity contribution in [1.29, 1.82) is 5.41 Å². The Morgan fingerprint density at radius 3 is 3.07 bits per heavy atom. The van der Waals surface area contributed by atoms with Gasteiger partial charge in [-0.1, -0.05) is 6.07 Å². The van der Waals surface area contributed by atoms with Crippen LogP contribution in [0.1, 0.15) is 24.1 Å². The Kier molecular flexibility index (Phi) is 2.97. The lowest BCUT2D eigenvalue weighted by atomic mass is 10.2. The number of nitrogens with two attached hydrogens (primary N) is 1. The van der Waals surface area contributed by atoms with Crippen LogP contribution in [-0.2, 0) is 11.3 Å². The summed E-state index contributed by atoms with van der Waals surface area (Å²) in [6, 6.07) is 3.74. The van der Waals surface area contributed by atoms with E-state index in [1.54, 1.807) is 6.20 Å². The van der Waals surface area contributed by atoms with Crippen LogP contribution in [-0.4, -0.2) is 17.4 Å². The second-order valence-electron chi connectivity index (χ2n) is 3.88. The van der Waals surface area contributed by atoms with Crippen molar-refractivity contribution in [2.45, 2.75) is 19.4 Å². The van der Waals surface area contributed by atoms with Gasteiger partial charge in [-0.05, 0) is 24.8 Å². The molecule has 1 heterocycles. The summed E-state index contributed by atoms with van der Waals surface area (Å²) in [5.41, 5.74) is 6.85. The monoisotopic (exact) mass is 205 g/mol. The van der Waals surface area contributed by atoms with Crippen molar-refractivity contribution in [2.75, 3.05) is 6.61 Å². The summed E-state index contributed by atoms with van der Waals surface area (Å²) < 4.78 is 5.54. The molecule has 3 N–H and O–H groups in total. The van der Waals surface area contributed by atoms with Crippen LogP contribution in [0.3, 0.4) is 0 Å². The summed E-state index contributed by atoms with van der Waals surface area (Å²) >= 11 is 0. The number of pyridine rings is 1. The third-order valence-corrected chi connectivity index (χ3v) is 2.45. The standard InChI is InChI=1S/C11H15N3O/c12-11(13)10-9(2-1-5-14-10)7-15-6-8-3-4-8/h1-2,5,8H,3-4,6-7H2,(H3,12,13). The molecule has 1 aliphatic rings. The van der Waals surface area contributed by atoms with Gasteiger partial charge in [-0.2, -0.15) is 0 Å². The predicted octanol–water partition coefficient (Wildman–Crippen LogP) is 1.29. The summed E-state index contributed by atoms with van der Waals surface area (Å²) in [7, 11) is 0. The molecule has 0 unspecified atom stereocenters. The lowest BCUT2D eigenvalue weighted by Gasteiger charge is -2.07. The molecule has 1 fully saturated rings. The van der Waals surface area contributed by atoms with E-state index in [4.69, 9.17) is 15.9 Å². The highest BCUT2D eigenvalue weighted by Gasteiger charge is 2.21. The van der Waals surface area contributed by atoms with E-state index in [9.17, 15) is 0 Å². The van der Waals surface area contributed by atoms with Gasteiger partial charge in [0.1, 0.15) is 11.5 Å². The van der Waals surface area contributed by atoms with Crippen LogP contribution < -0.4 is 5.73 Å². The van der Waals surface area contributed by atoms with Crippen molar-refractivity contribution in [3.8, 4) is 0 Å². The molecular formula is C11H15N3O. The molecule has 0 spiro atoms. The van der Waals surface area contributed by atoms with Gasteiger partial charge in [0, 0.05) is 18.4 Å². The normalized spacial score (nSPS) is 15.2. The number of nitrogens with one attached hydrogen (secondary N) is 1. The summed E-state index contributed by atoms with van der Waals surface area (Å²) in [5, 5.41) is 7.37. The fraction of sp³-hybridized carbons (Fsp3) is 0.455. The maximum Gasteiger partial charge on any atom is 0.142 e. The van der Waals surface area contributed by atoms with E-state index in [1.165, 1.54) is 12.8 Å². The Balaban J connectivity index is 1.95. The molecule has 1 saturated carbocycles. The summed E-state index contributed by atoms with van der Waals surface area (Å²) in [5.74, 6) is 0.753. The number of nitrogens with zero attached hydrogens (tertiary/aromatic N) is 1. The van der Waals surface area contributed by atoms with E-state index < -0.39 is 0 Å². The van der Waals surface area contributed by atoms with Crippen molar-refractivity contribution in [2.24, 2.45) is 11.7 Å². The first kappa shape index (κ1) is 10.1. The quantitative estimate of drug-likeness (QED) is 0.562. The maximum atomic E-state index is 7.37. The Hall–Kier alpha value is -1.42. The van der Waals surface area contributed by atoms with Gasteiger partial charge >= 0.3 is 0 Å². The van der Waals surface area contributed by atoms with Gasteiger partial charge in [-0.25, -0.2) is 0 Å². The number of nitrogen functional groups attached to an aromatic ring is 1. The fourth-order valence-electron chi connectivity index (χ4n) is 1.42. The largest absolute Gasteiger partial charge is 0.382 e. The van der Waals surface area contributed by atoms with Crippen LogP contribution in [0.5, 0.6) is 0 Å². The molecule has 0 aliphatic heterocycles. The van der Waals surface area contributed by atoms with E-state index >= 15 is 0 Å². The van der Waals surface area contributed by atoms with E-state index in [1.807, 2.05) is 12.1 Å². The minimum absolute atomic E-state index is 0.000576. The SMILES string of the molecule is N=C(N)c1ncccc1COCC1CC1. The molecular weight excluding hydrogens is 190 g/mol. The average Bonchev–Trinajstić information content (AvgIpc) is 3.02. The zero-order valence-corrected chi connectivity index (χ0v) is 8.57. The third kappa shape index (κ3) is 2.76. The number of amidine groups is 1. The first-order valence-corrected chi connectivity index (χ1v) is 5.13. The molecule has 4 heteroatoms. The summed E-state index contributed by atoms with van der Waals surface area (Å²) in [4.78, 5) is 4.06.